The first-order valence-corrected chi connectivity index (χ1v) is 10.7. The van der Waals surface area contributed by atoms with Gasteiger partial charge in [-0.2, -0.15) is 4.98 Å². The third-order valence-corrected chi connectivity index (χ3v) is 5.79. The molecule has 0 saturated carbocycles. The number of carbonyl (C=O) groups is 1. The van der Waals surface area contributed by atoms with Crippen LogP contribution >= 0.6 is 34.8 Å². The molecule has 1 aliphatic heterocycles. The number of rotatable bonds is 5. The molecule has 9 heteroatoms. The second-order valence-corrected chi connectivity index (χ2v) is 8.49. The van der Waals surface area contributed by atoms with E-state index in [9.17, 15) is 4.79 Å². The molecule has 6 nitrogen and oxygen atoms in total. The highest BCUT2D eigenvalue weighted by Crippen LogP contribution is 2.27. The van der Waals surface area contributed by atoms with Crippen LogP contribution in [0, 0.1) is 5.92 Å². The smallest absolute Gasteiger partial charge is 0.241 e. The van der Waals surface area contributed by atoms with Gasteiger partial charge in [0.15, 0.2) is 0 Å². The Hall–Kier alpha value is -2.12. The predicted molar refractivity (Wildman–Crippen MR) is 118 cm³/mol. The van der Waals surface area contributed by atoms with Crippen molar-refractivity contribution in [3.8, 4) is 11.4 Å². The fourth-order valence-corrected chi connectivity index (χ4v) is 4.05. The average molecular weight is 466 g/mol. The van der Waals surface area contributed by atoms with E-state index < -0.39 is 0 Å². The van der Waals surface area contributed by atoms with Crippen molar-refractivity contribution in [2.75, 3.05) is 18.4 Å². The van der Waals surface area contributed by atoms with E-state index in [0.29, 0.717) is 45.6 Å². The Kier molecular flexibility index (Phi) is 6.58. The van der Waals surface area contributed by atoms with Gasteiger partial charge in [0.05, 0.1) is 23.2 Å². The van der Waals surface area contributed by atoms with Gasteiger partial charge in [0.25, 0.3) is 0 Å². The van der Waals surface area contributed by atoms with Gasteiger partial charge in [-0.15, -0.1) is 0 Å². The second-order valence-electron chi connectivity index (χ2n) is 7.21. The van der Waals surface area contributed by atoms with Gasteiger partial charge in [-0.25, -0.2) is 0 Å². The Bertz CT molecular complexity index is 1040. The van der Waals surface area contributed by atoms with E-state index in [1.54, 1.807) is 30.3 Å². The van der Waals surface area contributed by atoms with Gasteiger partial charge < -0.3 is 9.84 Å². The van der Waals surface area contributed by atoms with Crippen LogP contribution in [0.4, 0.5) is 5.69 Å². The van der Waals surface area contributed by atoms with E-state index in [1.165, 1.54) is 0 Å². The fraction of sp³-hybridized carbons (Fsp3) is 0.286. The molecule has 2 heterocycles. The van der Waals surface area contributed by atoms with Crippen molar-refractivity contribution in [2.45, 2.75) is 19.4 Å². The third kappa shape index (κ3) is 5.13. The largest absolute Gasteiger partial charge is 0.338 e. The van der Waals surface area contributed by atoms with Crippen molar-refractivity contribution in [3.63, 3.8) is 0 Å². The lowest BCUT2D eigenvalue weighted by molar-refractivity contribution is -0.121. The van der Waals surface area contributed by atoms with E-state index in [1.807, 2.05) is 12.1 Å². The summed E-state index contributed by atoms with van der Waals surface area (Å²) in [6.45, 7) is 1.96. The molecule has 4 rings (SSSR count). The number of carbonyl (C=O) groups excluding carboxylic acids is 1. The van der Waals surface area contributed by atoms with Gasteiger partial charge >= 0.3 is 0 Å². The fourth-order valence-electron chi connectivity index (χ4n) is 3.47. The van der Waals surface area contributed by atoms with Gasteiger partial charge in [-0.05, 0) is 61.9 Å². The summed E-state index contributed by atoms with van der Waals surface area (Å²) in [4.78, 5) is 19.3. The minimum Gasteiger partial charge on any atom is -0.338 e. The van der Waals surface area contributed by atoms with Crippen LogP contribution in [0.2, 0.25) is 15.1 Å². The van der Waals surface area contributed by atoms with Crippen LogP contribution in [0.15, 0.2) is 47.0 Å². The van der Waals surface area contributed by atoms with Crippen LogP contribution in [0.3, 0.4) is 0 Å². The van der Waals surface area contributed by atoms with Gasteiger partial charge in [-0.3, -0.25) is 9.69 Å². The molecule has 0 aliphatic carbocycles. The maximum atomic E-state index is 12.7. The molecule has 1 fully saturated rings. The maximum absolute atomic E-state index is 12.7. The summed E-state index contributed by atoms with van der Waals surface area (Å²) < 4.78 is 5.40. The highest BCUT2D eigenvalue weighted by atomic mass is 35.5. The zero-order valence-corrected chi connectivity index (χ0v) is 18.2. The Balaban J connectivity index is 1.37. The van der Waals surface area contributed by atoms with Gasteiger partial charge in [-0.1, -0.05) is 40.0 Å². The summed E-state index contributed by atoms with van der Waals surface area (Å²) in [6, 6.07) is 12.3. The third-order valence-electron chi connectivity index (χ3n) is 4.99. The Morgan fingerprint density at radius 2 is 1.90 bits per heavy atom. The molecule has 0 bridgehead atoms. The van der Waals surface area contributed by atoms with Crippen LogP contribution in [0.5, 0.6) is 0 Å². The number of aromatic nitrogens is 2. The molecule has 1 saturated heterocycles. The topological polar surface area (TPSA) is 71.3 Å². The molecule has 30 heavy (non-hydrogen) atoms. The van der Waals surface area contributed by atoms with Gasteiger partial charge in [0, 0.05) is 22.2 Å². The zero-order chi connectivity index (χ0) is 21.1. The molecular weight excluding hydrogens is 447 g/mol. The first-order chi connectivity index (χ1) is 14.5. The summed E-state index contributed by atoms with van der Waals surface area (Å²) in [5, 5.41) is 8.55. The number of hydrogen-bond acceptors (Lipinski definition) is 5. The zero-order valence-electron chi connectivity index (χ0n) is 15.9. The van der Waals surface area contributed by atoms with Crippen LogP contribution < -0.4 is 5.32 Å². The number of anilines is 1. The van der Waals surface area contributed by atoms with Crippen LogP contribution in [-0.2, 0) is 11.3 Å². The second kappa shape index (κ2) is 9.35. The normalized spacial score (nSPS) is 17.1. The lowest BCUT2D eigenvalue weighted by Crippen LogP contribution is -2.40. The van der Waals surface area contributed by atoms with E-state index in [-0.39, 0.29) is 11.8 Å². The number of nitrogens with one attached hydrogen (secondary N) is 1. The highest BCUT2D eigenvalue weighted by molar-refractivity contribution is 6.36. The number of halogens is 3. The quantitative estimate of drug-likeness (QED) is 0.535. The Morgan fingerprint density at radius 1 is 1.13 bits per heavy atom. The van der Waals surface area contributed by atoms with Crippen molar-refractivity contribution >= 4 is 46.4 Å². The standard InChI is InChI=1S/C21H19Cl3N4O2/c22-15-5-3-13(4-6-15)20-26-19(30-27-20)12-28-9-1-2-14(11-28)21(29)25-18-8-7-16(23)10-17(18)24/h3-8,10,14H,1-2,9,11-12H2,(H,25,29). The Labute approximate surface area is 189 Å². The Morgan fingerprint density at radius 3 is 2.67 bits per heavy atom. The van der Waals surface area contributed by atoms with Crippen molar-refractivity contribution in [1.82, 2.24) is 15.0 Å². The summed E-state index contributed by atoms with van der Waals surface area (Å²) in [5.74, 6) is 0.826. The molecule has 1 atom stereocenters. The van der Waals surface area contributed by atoms with Gasteiger partial charge in [0.2, 0.25) is 17.6 Å². The molecule has 1 N–H and O–H groups in total. The molecular formula is C21H19Cl3N4O2. The van der Waals surface area contributed by atoms with Crippen LogP contribution in [0.25, 0.3) is 11.4 Å². The van der Waals surface area contributed by atoms with Crippen LogP contribution in [-0.4, -0.2) is 34.0 Å². The van der Waals surface area contributed by atoms with Crippen molar-refractivity contribution < 1.29 is 9.32 Å². The minimum atomic E-state index is -0.149. The molecule has 1 aromatic heterocycles. The van der Waals surface area contributed by atoms with E-state index >= 15 is 0 Å². The monoisotopic (exact) mass is 464 g/mol. The van der Waals surface area contributed by atoms with E-state index in [0.717, 1.165) is 24.9 Å². The molecule has 1 aliphatic rings. The molecule has 2 aromatic carbocycles. The van der Waals surface area contributed by atoms with Crippen molar-refractivity contribution in [1.29, 1.82) is 0 Å². The van der Waals surface area contributed by atoms with E-state index in [2.05, 4.69) is 20.4 Å². The lowest BCUT2D eigenvalue weighted by atomic mass is 9.97. The number of nitrogens with zero attached hydrogens (tertiary/aromatic N) is 3. The average Bonchev–Trinajstić information content (AvgIpc) is 3.19. The summed E-state index contributed by atoms with van der Waals surface area (Å²) >= 11 is 18.0. The van der Waals surface area contributed by atoms with Crippen molar-refractivity contribution in [3.05, 3.63) is 63.4 Å². The van der Waals surface area contributed by atoms with E-state index in [4.69, 9.17) is 39.3 Å². The number of hydrogen-bond donors (Lipinski definition) is 1. The molecule has 0 radical (unpaired) electrons. The highest BCUT2D eigenvalue weighted by Gasteiger charge is 2.27. The predicted octanol–water partition coefficient (Wildman–Crippen LogP) is 5.55. The number of piperidine rings is 1. The molecule has 3 aromatic rings. The number of likely N-dealkylation sites (tertiary alicyclic amines) is 1. The maximum Gasteiger partial charge on any atom is 0.241 e. The van der Waals surface area contributed by atoms with Crippen molar-refractivity contribution in [2.24, 2.45) is 5.92 Å². The minimum absolute atomic E-state index is 0.0590. The lowest BCUT2D eigenvalue weighted by Gasteiger charge is -2.30. The summed E-state index contributed by atoms with van der Waals surface area (Å²) in [5.41, 5.74) is 1.40. The summed E-state index contributed by atoms with van der Waals surface area (Å²) in [7, 11) is 0. The number of benzene rings is 2. The number of amides is 1. The SMILES string of the molecule is O=C(Nc1ccc(Cl)cc1Cl)C1CCCN(Cc2nc(-c3ccc(Cl)cc3)no2)C1. The van der Waals surface area contributed by atoms with Crippen LogP contribution in [0.1, 0.15) is 18.7 Å². The molecule has 1 amide bonds. The first-order valence-electron chi connectivity index (χ1n) is 9.55. The van der Waals surface area contributed by atoms with Gasteiger partial charge in [0.1, 0.15) is 0 Å². The first kappa shape index (κ1) is 21.1. The molecule has 1 unspecified atom stereocenters. The molecule has 0 spiro atoms. The molecule has 156 valence electrons. The summed E-state index contributed by atoms with van der Waals surface area (Å²) in [6.07, 6.45) is 1.72.